The maximum atomic E-state index is 15.0. The lowest BCUT2D eigenvalue weighted by molar-refractivity contribution is 0.0756. The molecule has 11 heteroatoms. The summed E-state index contributed by atoms with van der Waals surface area (Å²) in [6.07, 6.45) is 1.97. The van der Waals surface area contributed by atoms with Gasteiger partial charge in [0, 0.05) is 49.9 Å². The van der Waals surface area contributed by atoms with E-state index < -0.39 is 27.7 Å². The number of sulfonamides is 1. The molecule has 4 rings (SSSR count). The number of carbonyl (C=O) groups is 1. The number of anilines is 1. The number of piperazine rings is 1. The van der Waals surface area contributed by atoms with Gasteiger partial charge in [-0.3, -0.25) is 9.21 Å². The van der Waals surface area contributed by atoms with Crippen molar-refractivity contribution in [3.63, 3.8) is 0 Å². The van der Waals surface area contributed by atoms with Gasteiger partial charge < -0.3 is 9.80 Å². The van der Waals surface area contributed by atoms with Gasteiger partial charge in [-0.2, -0.15) is 0 Å². The van der Waals surface area contributed by atoms with Crippen LogP contribution in [0, 0.1) is 11.6 Å². The van der Waals surface area contributed by atoms with Gasteiger partial charge in [0.25, 0.3) is 10.0 Å². The Bertz CT molecular complexity index is 1210. The molecular formula is C26H33ClF2N4O3S. The molecule has 0 unspecified atom stereocenters. The quantitative estimate of drug-likeness (QED) is 0.514. The van der Waals surface area contributed by atoms with Crippen LogP contribution in [0.4, 0.5) is 19.3 Å². The van der Waals surface area contributed by atoms with Crippen molar-refractivity contribution in [1.82, 2.24) is 14.7 Å². The second-order valence-electron chi connectivity index (χ2n) is 9.72. The molecule has 2 fully saturated rings. The summed E-state index contributed by atoms with van der Waals surface area (Å²) in [6, 6.07) is 7.39. The molecule has 7 nitrogen and oxygen atoms in total. The van der Waals surface area contributed by atoms with E-state index in [4.69, 9.17) is 11.6 Å². The maximum Gasteiger partial charge on any atom is 0.320 e. The number of carbonyl (C=O) groups excluding carboxylic acids is 1. The summed E-state index contributed by atoms with van der Waals surface area (Å²) >= 11 is 5.95. The summed E-state index contributed by atoms with van der Waals surface area (Å²) in [5.41, 5.74) is -0.379. The summed E-state index contributed by atoms with van der Waals surface area (Å²) < 4.78 is 57.8. The van der Waals surface area contributed by atoms with Crippen molar-refractivity contribution in [3.05, 3.63) is 59.1 Å². The number of piperidine rings is 1. The average molecular weight is 555 g/mol. The van der Waals surface area contributed by atoms with Crippen molar-refractivity contribution in [2.75, 3.05) is 43.6 Å². The summed E-state index contributed by atoms with van der Waals surface area (Å²) in [4.78, 5) is 19.2. The summed E-state index contributed by atoms with van der Waals surface area (Å²) in [5.74, 6) is -1.61. The highest BCUT2D eigenvalue weighted by Gasteiger charge is 2.39. The van der Waals surface area contributed by atoms with Crippen LogP contribution in [0.25, 0.3) is 0 Å². The zero-order valence-corrected chi connectivity index (χ0v) is 22.7. The van der Waals surface area contributed by atoms with E-state index in [2.05, 4.69) is 11.8 Å². The van der Waals surface area contributed by atoms with Crippen LogP contribution >= 0.6 is 11.6 Å². The number of hydrogen-bond donors (Lipinski definition) is 0. The van der Waals surface area contributed by atoms with Crippen molar-refractivity contribution in [3.8, 4) is 0 Å². The topological polar surface area (TPSA) is 64.2 Å². The highest BCUT2D eigenvalue weighted by molar-refractivity contribution is 7.92. The van der Waals surface area contributed by atoms with Gasteiger partial charge in [0.15, 0.2) is 0 Å². The third kappa shape index (κ3) is 6.02. The number of benzene rings is 2. The van der Waals surface area contributed by atoms with Crippen LogP contribution in [0.15, 0.2) is 47.4 Å². The molecule has 0 spiro atoms. The lowest BCUT2D eigenvalue weighted by atomic mass is 10.0. The molecule has 2 aromatic carbocycles. The summed E-state index contributed by atoms with van der Waals surface area (Å²) in [6.45, 7) is 7.82. The van der Waals surface area contributed by atoms with Crippen molar-refractivity contribution >= 4 is 33.3 Å². The molecule has 0 aliphatic carbocycles. The highest BCUT2D eigenvalue weighted by atomic mass is 35.5. The molecule has 0 saturated carbocycles. The summed E-state index contributed by atoms with van der Waals surface area (Å²) in [5, 5.41) is 0.352. The van der Waals surface area contributed by atoms with Gasteiger partial charge in [0.05, 0.1) is 16.6 Å². The Balaban J connectivity index is 1.63. The second kappa shape index (κ2) is 11.5. The largest absolute Gasteiger partial charge is 0.323 e. The molecule has 2 aromatic rings. The average Bonchev–Trinajstić information content (AvgIpc) is 2.86. The third-order valence-corrected chi connectivity index (χ3v) is 9.14. The van der Waals surface area contributed by atoms with Crippen LogP contribution in [-0.4, -0.2) is 80.5 Å². The minimum atomic E-state index is -4.30. The van der Waals surface area contributed by atoms with Gasteiger partial charge in [-0.05, 0) is 69.1 Å². The molecule has 2 saturated heterocycles. The monoisotopic (exact) mass is 554 g/mol. The van der Waals surface area contributed by atoms with Crippen LogP contribution in [0.2, 0.25) is 5.02 Å². The molecule has 202 valence electrons. The minimum absolute atomic E-state index is 0.0164. The molecule has 0 aromatic heterocycles. The third-order valence-electron chi connectivity index (χ3n) is 7.01. The van der Waals surface area contributed by atoms with E-state index in [0.717, 1.165) is 48.6 Å². The predicted octanol–water partition coefficient (Wildman–Crippen LogP) is 4.81. The van der Waals surface area contributed by atoms with E-state index >= 15 is 0 Å². The van der Waals surface area contributed by atoms with Crippen molar-refractivity contribution in [2.45, 2.75) is 50.1 Å². The lowest BCUT2D eigenvalue weighted by Gasteiger charge is -2.45. The van der Waals surface area contributed by atoms with Gasteiger partial charge in [-0.15, -0.1) is 0 Å². The fourth-order valence-electron chi connectivity index (χ4n) is 5.24. The van der Waals surface area contributed by atoms with E-state index in [0.29, 0.717) is 31.0 Å². The van der Waals surface area contributed by atoms with Crippen LogP contribution in [-0.2, 0) is 10.0 Å². The number of urea groups is 1. The van der Waals surface area contributed by atoms with Gasteiger partial charge in [0.2, 0.25) is 0 Å². The Morgan fingerprint density at radius 1 is 1.08 bits per heavy atom. The molecule has 2 heterocycles. The number of rotatable bonds is 6. The Morgan fingerprint density at radius 2 is 1.81 bits per heavy atom. The van der Waals surface area contributed by atoms with Crippen molar-refractivity contribution < 1.29 is 22.0 Å². The fourth-order valence-corrected chi connectivity index (χ4v) is 7.03. The molecule has 0 radical (unpaired) electrons. The number of nitrogens with zero attached hydrogens (tertiary/aromatic N) is 4. The smallest absolute Gasteiger partial charge is 0.320 e. The van der Waals surface area contributed by atoms with Crippen LogP contribution in [0.3, 0.4) is 0 Å². The van der Waals surface area contributed by atoms with Gasteiger partial charge >= 0.3 is 6.03 Å². The van der Waals surface area contributed by atoms with Crippen molar-refractivity contribution in [1.29, 1.82) is 0 Å². The van der Waals surface area contributed by atoms with Crippen LogP contribution in [0.5, 0.6) is 0 Å². The zero-order chi connectivity index (χ0) is 26.7. The number of amides is 2. The van der Waals surface area contributed by atoms with Gasteiger partial charge in [-0.1, -0.05) is 18.5 Å². The molecule has 2 atom stereocenters. The minimum Gasteiger partial charge on any atom is -0.323 e. The first-order chi connectivity index (χ1) is 17.6. The summed E-state index contributed by atoms with van der Waals surface area (Å²) in [7, 11) is -4.30. The molecule has 0 N–H and O–H groups in total. The molecular weight excluding hydrogens is 522 g/mol. The normalized spacial score (nSPS) is 21.2. The molecule has 2 aliphatic rings. The van der Waals surface area contributed by atoms with E-state index in [1.165, 1.54) is 24.3 Å². The molecule has 37 heavy (non-hydrogen) atoms. The first kappa shape index (κ1) is 27.6. The maximum absolute atomic E-state index is 15.0. The standard InChI is InChI=1S/C26H33ClF2N4O3S/c1-3-12-30-14-15-32(19(2)17-30)26(34)31-13-4-5-22(18-31)33(25-16-21(28)8-11-24(25)29)37(35,36)23-9-6-20(27)7-10-23/h6-11,16,19,22H,3-5,12-15,17-18H2,1-2H3/t19-,22-/m0/s1. The van der Waals surface area contributed by atoms with Gasteiger partial charge in [0.1, 0.15) is 11.6 Å². The van der Waals surface area contributed by atoms with E-state index in [9.17, 15) is 22.0 Å². The fraction of sp³-hybridized carbons (Fsp3) is 0.500. The Kier molecular flexibility index (Phi) is 8.60. The highest BCUT2D eigenvalue weighted by Crippen LogP contribution is 2.33. The first-order valence-electron chi connectivity index (χ1n) is 12.6. The van der Waals surface area contributed by atoms with Crippen molar-refractivity contribution in [2.24, 2.45) is 0 Å². The van der Waals surface area contributed by atoms with E-state index in [-0.39, 0.29) is 29.2 Å². The number of hydrogen-bond acceptors (Lipinski definition) is 4. The van der Waals surface area contributed by atoms with Crippen LogP contribution < -0.4 is 4.31 Å². The Morgan fingerprint density at radius 3 is 2.49 bits per heavy atom. The second-order valence-corrected chi connectivity index (χ2v) is 12.0. The number of likely N-dealkylation sites (tertiary alicyclic amines) is 1. The number of halogens is 3. The van der Waals surface area contributed by atoms with E-state index in [1.807, 2.05) is 11.8 Å². The van der Waals surface area contributed by atoms with Gasteiger partial charge in [-0.25, -0.2) is 22.0 Å². The first-order valence-corrected chi connectivity index (χ1v) is 14.5. The predicted molar refractivity (Wildman–Crippen MR) is 140 cm³/mol. The van der Waals surface area contributed by atoms with E-state index in [1.54, 1.807) is 4.90 Å². The Labute approximate surface area is 222 Å². The SMILES string of the molecule is CCCN1CCN(C(=O)N2CCC[C@H](N(c3cc(F)ccc3F)S(=O)(=O)c3ccc(Cl)cc3)C2)[C@@H](C)C1. The molecule has 2 amide bonds. The molecule has 2 aliphatic heterocycles. The Hall–Kier alpha value is -2.43. The zero-order valence-electron chi connectivity index (χ0n) is 21.1. The van der Waals surface area contributed by atoms with Crippen LogP contribution in [0.1, 0.15) is 33.1 Å². The lowest BCUT2D eigenvalue weighted by Crippen LogP contribution is -2.60. The molecule has 0 bridgehead atoms.